The first-order valence-corrected chi connectivity index (χ1v) is 9.25. The average molecular weight is 418 g/mol. The number of esters is 1. The maximum absolute atomic E-state index is 12.6. The third-order valence-electron chi connectivity index (χ3n) is 4.63. The smallest absolute Gasteiger partial charge is 0.338 e. The number of nitrogens with one attached hydrogen (secondary N) is 1. The first-order chi connectivity index (χ1) is 14.5. The number of carbonyl (C=O) groups excluding carboxylic acids is 2. The molecule has 1 aliphatic heterocycles. The fraction of sp³-hybridized carbons (Fsp3) is 0.400. The van der Waals surface area contributed by atoms with Crippen LogP contribution in [0.3, 0.4) is 0 Å². The normalized spacial score (nSPS) is 23.3. The van der Waals surface area contributed by atoms with Gasteiger partial charge in [0.15, 0.2) is 24.7 Å². The van der Waals surface area contributed by atoms with Gasteiger partial charge in [-0.25, -0.2) is 9.59 Å². The van der Waals surface area contributed by atoms with Crippen LogP contribution in [0.4, 0.5) is 0 Å². The molecular formula is C20H22N2O8. The largest absolute Gasteiger partial charge is 0.453 e. The maximum atomic E-state index is 12.6. The molecule has 10 heteroatoms. The van der Waals surface area contributed by atoms with Gasteiger partial charge < -0.3 is 23.7 Å². The number of hydrogen-bond acceptors (Lipinski definition) is 8. The highest BCUT2D eigenvalue weighted by Gasteiger charge is 2.49. The van der Waals surface area contributed by atoms with Crippen LogP contribution in [0.15, 0.2) is 46.1 Å². The number of aromatic amines is 1. The van der Waals surface area contributed by atoms with Gasteiger partial charge in [-0.3, -0.25) is 14.3 Å². The van der Waals surface area contributed by atoms with Crippen molar-refractivity contribution in [3.05, 3.63) is 68.5 Å². The van der Waals surface area contributed by atoms with E-state index in [1.165, 1.54) is 20.2 Å². The molecular weight excluding hydrogens is 396 g/mol. The lowest BCUT2D eigenvalue weighted by Crippen LogP contribution is -2.42. The molecule has 1 unspecified atom stereocenters. The lowest BCUT2D eigenvalue weighted by atomic mass is 10.1. The lowest BCUT2D eigenvalue weighted by molar-refractivity contribution is -0.123. The Bertz CT molecular complexity index is 1000. The summed E-state index contributed by atoms with van der Waals surface area (Å²) in [7, 11) is 1.49. The fourth-order valence-corrected chi connectivity index (χ4v) is 3.12. The van der Waals surface area contributed by atoms with E-state index in [4.69, 9.17) is 18.9 Å². The van der Waals surface area contributed by atoms with Crippen molar-refractivity contribution in [2.45, 2.75) is 31.5 Å². The van der Waals surface area contributed by atoms with Crippen LogP contribution >= 0.6 is 0 Å². The zero-order chi connectivity index (χ0) is 21.7. The van der Waals surface area contributed by atoms with Crippen molar-refractivity contribution >= 4 is 12.3 Å². The first kappa shape index (κ1) is 21.6. The van der Waals surface area contributed by atoms with E-state index < -0.39 is 41.8 Å². The summed E-state index contributed by atoms with van der Waals surface area (Å²) in [5.41, 5.74) is -0.722. The van der Waals surface area contributed by atoms with Gasteiger partial charge in [-0.15, -0.1) is 0 Å². The first-order valence-electron chi connectivity index (χ1n) is 9.25. The molecule has 2 heterocycles. The third-order valence-corrected chi connectivity index (χ3v) is 4.63. The molecule has 0 radical (unpaired) electrons. The van der Waals surface area contributed by atoms with Crippen LogP contribution in [0.2, 0.25) is 0 Å². The summed E-state index contributed by atoms with van der Waals surface area (Å²) < 4.78 is 23.1. The molecule has 1 N–H and O–H groups in total. The molecule has 1 fully saturated rings. The molecule has 0 spiro atoms. The molecule has 3 rings (SSSR count). The van der Waals surface area contributed by atoms with Crippen LogP contribution in [0.25, 0.3) is 0 Å². The number of ether oxygens (including phenoxy) is 4. The van der Waals surface area contributed by atoms with Gasteiger partial charge >= 0.3 is 11.7 Å². The van der Waals surface area contributed by atoms with E-state index in [9.17, 15) is 19.2 Å². The Morgan fingerprint density at radius 2 is 1.93 bits per heavy atom. The molecule has 30 heavy (non-hydrogen) atoms. The monoisotopic (exact) mass is 418 g/mol. The highest BCUT2D eigenvalue weighted by Crippen LogP contribution is 2.32. The van der Waals surface area contributed by atoms with E-state index in [1.807, 2.05) is 0 Å². The van der Waals surface area contributed by atoms with Gasteiger partial charge in [0.2, 0.25) is 0 Å². The topological polar surface area (TPSA) is 126 Å². The third kappa shape index (κ3) is 4.56. The number of methoxy groups -OCH3 is 1. The van der Waals surface area contributed by atoms with Gasteiger partial charge in [0.05, 0.1) is 18.8 Å². The summed E-state index contributed by atoms with van der Waals surface area (Å²) in [4.78, 5) is 50.4. The molecule has 1 aliphatic rings. The average Bonchev–Trinajstić information content (AvgIpc) is 3.08. The summed E-state index contributed by atoms with van der Waals surface area (Å²) in [6.07, 6.45) is -2.59. The summed E-state index contributed by atoms with van der Waals surface area (Å²) in [6, 6.07) is 8.25. The molecule has 10 nitrogen and oxygen atoms in total. The molecule has 1 aromatic carbocycles. The SMILES string of the molecule is COCCO[C@@H]1[C@H](OC(=O)c2ccccc2)C(C=O)O[C@H]1n1cc(C)c(=O)[nH]c1=O. The molecule has 0 saturated carbocycles. The molecule has 1 saturated heterocycles. The predicted molar refractivity (Wildman–Crippen MR) is 103 cm³/mol. The zero-order valence-electron chi connectivity index (χ0n) is 16.5. The fourth-order valence-electron chi connectivity index (χ4n) is 3.12. The molecule has 1 aromatic heterocycles. The van der Waals surface area contributed by atoms with Crippen LogP contribution in [-0.4, -0.2) is 60.4 Å². The zero-order valence-corrected chi connectivity index (χ0v) is 16.5. The summed E-state index contributed by atoms with van der Waals surface area (Å²) in [5, 5.41) is 0. The van der Waals surface area contributed by atoms with Crippen LogP contribution in [0, 0.1) is 6.92 Å². The second kappa shape index (κ2) is 9.61. The summed E-state index contributed by atoms with van der Waals surface area (Å²) in [5.74, 6) is -0.665. The number of benzene rings is 1. The van der Waals surface area contributed by atoms with E-state index in [-0.39, 0.29) is 18.8 Å². The minimum atomic E-state index is -1.17. The molecule has 0 aliphatic carbocycles. The quantitative estimate of drug-likeness (QED) is 0.366. The van der Waals surface area contributed by atoms with Gasteiger partial charge in [0.25, 0.3) is 5.56 Å². The number of aldehydes is 1. The number of aromatic nitrogens is 2. The van der Waals surface area contributed by atoms with Crippen LogP contribution in [-0.2, 0) is 23.7 Å². The second-order valence-corrected chi connectivity index (χ2v) is 6.67. The van der Waals surface area contributed by atoms with Crippen molar-refractivity contribution in [2.75, 3.05) is 20.3 Å². The van der Waals surface area contributed by atoms with Gasteiger partial charge in [-0.1, -0.05) is 18.2 Å². The lowest BCUT2D eigenvalue weighted by Gasteiger charge is -2.24. The predicted octanol–water partition coefficient (Wildman–Crippen LogP) is 0.199. The minimum Gasteiger partial charge on any atom is -0.453 e. The van der Waals surface area contributed by atoms with Crippen LogP contribution in [0.5, 0.6) is 0 Å². The van der Waals surface area contributed by atoms with Crippen molar-refractivity contribution in [3.63, 3.8) is 0 Å². The number of hydrogen-bond donors (Lipinski definition) is 1. The Kier molecular flexibility index (Phi) is 6.93. The van der Waals surface area contributed by atoms with E-state index in [2.05, 4.69) is 4.98 Å². The Labute approximate surface area is 171 Å². The Balaban J connectivity index is 1.94. The van der Waals surface area contributed by atoms with E-state index >= 15 is 0 Å². The van der Waals surface area contributed by atoms with Crippen molar-refractivity contribution in [2.24, 2.45) is 0 Å². The summed E-state index contributed by atoms with van der Waals surface area (Å²) in [6.45, 7) is 1.85. The van der Waals surface area contributed by atoms with Crippen molar-refractivity contribution in [1.29, 1.82) is 0 Å². The number of nitrogens with zero attached hydrogens (tertiary/aromatic N) is 1. The number of rotatable bonds is 8. The molecule has 160 valence electrons. The van der Waals surface area contributed by atoms with Gasteiger partial charge in [-0.05, 0) is 19.1 Å². The van der Waals surface area contributed by atoms with Crippen LogP contribution < -0.4 is 11.2 Å². The van der Waals surface area contributed by atoms with Gasteiger partial charge in [0, 0.05) is 18.9 Å². The summed E-state index contributed by atoms with van der Waals surface area (Å²) >= 11 is 0. The standard InChI is InChI=1S/C20H22N2O8/c1-12-10-22(20(26)21-17(12)24)18-16(28-9-8-27-2)15(14(11-23)29-18)30-19(25)13-6-4-3-5-7-13/h3-7,10-11,14-16,18H,8-9H2,1-2H3,(H,21,24,26)/t14?,15-,16-,18-/m1/s1. The van der Waals surface area contributed by atoms with Gasteiger partial charge in [0.1, 0.15) is 6.10 Å². The molecule has 0 amide bonds. The highest BCUT2D eigenvalue weighted by atomic mass is 16.6. The molecule has 4 atom stereocenters. The Hall–Kier alpha value is -3.08. The van der Waals surface area contributed by atoms with Crippen LogP contribution in [0.1, 0.15) is 22.1 Å². The molecule has 2 aromatic rings. The van der Waals surface area contributed by atoms with Crippen molar-refractivity contribution < 1.29 is 28.5 Å². The van der Waals surface area contributed by atoms with E-state index in [0.717, 1.165) is 4.57 Å². The van der Waals surface area contributed by atoms with Gasteiger partial charge in [-0.2, -0.15) is 0 Å². The number of aryl methyl sites for hydroxylation is 1. The Morgan fingerprint density at radius 3 is 2.60 bits per heavy atom. The number of carbonyl (C=O) groups is 2. The van der Waals surface area contributed by atoms with Crippen molar-refractivity contribution in [3.8, 4) is 0 Å². The Morgan fingerprint density at radius 1 is 1.20 bits per heavy atom. The van der Waals surface area contributed by atoms with Crippen molar-refractivity contribution in [1.82, 2.24) is 9.55 Å². The molecule has 0 bridgehead atoms. The number of H-pyrrole nitrogens is 1. The maximum Gasteiger partial charge on any atom is 0.338 e. The van der Waals surface area contributed by atoms with E-state index in [0.29, 0.717) is 11.8 Å². The second-order valence-electron chi connectivity index (χ2n) is 6.67. The van der Waals surface area contributed by atoms with E-state index in [1.54, 1.807) is 30.3 Å². The minimum absolute atomic E-state index is 0.100. The highest BCUT2D eigenvalue weighted by molar-refractivity contribution is 5.89.